The van der Waals surface area contributed by atoms with Gasteiger partial charge in [0.25, 0.3) is 0 Å². The second-order valence-electron chi connectivity index (χ2n) is 7.42. The molecule has 0 bridgehead atoms. The lowest BCUT2D eigenvalue weighted by Crippen LogP contribution is -2.20. The van der Waals surface area contributed by atoms with E-state index in [1.807, 2.05) is 26.8 Å². The number of amides is 1. The molecule has 2 heterocycles. The predicted molar refractivity (Wildman–Crippen MR) is 118 cm³/mol. The van der Waals surface area contributed by atoms with Crippen molar-refractivity contribution in [2.24, 2.45) is 0 Å². The molecule has 0 fully saturated rings. The van der Waals surface area contributed by atoms with E-state index in [1.54, 1.807) is 24.3 Å². The lowest BCUT2D eigenvalue weighted by Gasteiger charge is -2.11. The molecular weight excluding hydrogens is 398 g/mol. The van der Waals surface area contributed by atoms with Gasteiger partial charge in [0.15, 0.2) is 11.5 Å². The zero-order valence-corrected chi connectivity index (χ0v) is 18.0. The van der Waals surface area contributed by atoms with Crippen molar-refractivity contribution in [2.75, 3.05) is 19.5 Å². The Morgan fingerprint density at radius 1 is 0.903 bits per heavy atom. The maximum atomic E-state index is 12.7. The van der Waals surface area contributed by atoms with Gasteiger partial charge in [-0.15, -0.1) is 0 Å². The molecule has 0 aliphatic heterocycles. The molecule has 4 rings (SSSR count). The van der Waals surface area contributed by atoms with Crippen LogP contribution in [0, 0.1) is 20.8 Å². The summed E-state index contributed by atoms with van der Waals surface area (Å²) in [4.78, 5) is 25.3. The highest BCUT2D eigenvalue weighted by atomic mass is 16.5. The van der Waals surface area contributed by atoms with Crippen molar-refractivity contribution < 1.29 is 23.1 Å². The maximum absolute atomic E-state index is 12.7. The Hall–Kier alpha value is -3.74. The maximum Gasteiger partial charge on any atom is 0.340 e. The third-order valence-corrected chi connectivity index (χ3v) is 5.59. The van der Waals surface area contributed by atoms with Crippen LogP contribution in [0.15, 0.2) is 44.0 Å². The van der Waals surface area contributed by atoms with Crippen LogP contribution in [0.2, 0.25) is 0 Å². The number of carbonyl (C=O) groups excluding carboxylic acids is 1. The smallest absolute Gasteiger partial charge is 0.340 e. The Balaban J connectivity index is 1.67. The van der Waals surface area contributed by atoms with Gasteiger partial charge in [0.1, 0.15) is 16.9 Å². The molecule has 0 aliphatic carbocycles. The molecule has 7 heteroatoms. The van der Waals surface area contributed by atoms with E-state index in [2.05, 4.69) is 5.32 Å². The van der Waals surface area contributed by atoms with E-state index in [0.717, 1.165) is 22.1 Å². The number of methoxy groups -OCH3 is 2. The summed E-state index contributed by atoms with van der Waals surface area (Å²) in [5.41, 5.74) is 3.19. The van der Waals surface area contributed by atoms with Crippen molar-refractivity contribution >= 4 is 33.5 Å². The highest BCUT2D eigenvalue weighted by Gasteiger charge is 2.18. The van der Waals surface area contributed by atoms with E-state index in [0.29, 0.717) is 39.5 Å². The van der Waals surface area contributed by atoms with E-state index >= 15 is 0 Å². The van der Waals surface area contributed by atoms with Crippen LogP contribution >= 0.6 is 0 Å². The largest absolute Gasteiger partial charge is 0.493 e. The standard InChI is InChI=1S/C24H23NO6/c1-12-14(3)30-20-11-21-17(9-16(12)20)13(2)18(24(27)31-21)10-23(26)25-15-6-7-19(28-4)22(8-15)29-5/h6-9,11H,10H2,1-5H3,(H,25,26). The Morgan fingerprint density at radius 3 is 2.29 bits per heavy atom. The quantitative estimate of drug-likeness (QED) is 0.471. The molecule has 0 unspecified atom stereocenters. The summed E-state index contributed by atoms with van der Waals surface area (Å²) in [5, 5.41) is 4.53. The zero-order chi connectivity index (χ0) is 22.3. The number of carbonyl (C=O) groups is 1. The molecule has 4 aromatic rings. The summed E-state index contributed by atoms with van der Waals surface area (Å²) in [7, 11) is 3.06. The second-order valence-corrected chi connectivity index (χ2v) is 7.42. The van der Waals surface area contributed by atoms with Crippen LogP contribution in [0.3, 0.4) is 0 Å². The molecule has 2 aromatic carbocycles. The lowest BCUT2D eigenvalue weighted by atomic mass is 10.0. The van der Waals surface area contributed by atoms with Crippen LogP contribution in [0.25, 0.3) is 21.9 Å². The number of rotatable bonds is 5. The summed E-state index contributed by atoms with van der Waals surface area (Å²) in [6, 6.07) is 8.74. The molecular formula is C24H23NO6. The van der Waals surface area contributed by atoms with Gasteiger partial charge in [-0.1, -0.05) is 0 Å². The van der Waals surface area contributed by atoms with Gasteiger partial charge in [-0.3, -0.25) is 4.79 Å². The summed E-state index contributed by atoms with van der Waals surface area (Å²) in [5.74, 6) is 1.54. The number of nitrogens with one attached hydrogen (secondary N) is 1. The van der Waals surface area contributed by atoms with E-state index in [1.165, 1.54) is 14.2 Å². The number of anilines is 1. The number of benzene rings is 2. The van der Waals surface area contributed by atoms with Crippen LogP contribution in [-0.2, 0) is 11.2 Å². The van der Waals surface area contributed by atoms with Crippen LogP contribution in [0.5, 0.6) is 11.5 Å². The van der Waals surface area contributed by atoms with Crippen LogP contribution in [-0.4, -0.2) is 20.1 Å². The number of hydrogen-bond donors (Lipinski definition) is 1. The van der Waals surface area contributed by atoms with E-state index in [9.17, 15) is 9.59 Å². The highest BCUT2D eigenvalue weighted by Crippen LogP contribution is 2.32. The minimum atomic E-state index is -0.535. The summed E-state index contributed by atoms with van der Waals surface area (Å²) < 4.78 is 21.7. The molecule has 31 heavy (non-hydrogen) atoms. The van der Waals surface area contributed by atoms with Crippen molar-refractivity contribution in [3.63, 3.8) is 0 Å². The van der Waals surface area contributed by atoms with Crippen molar-refractivity contribution in [2.45, 2.75) is 27.2 Å². The molecule has 0 aliphatic rings. The van der Waals surface area contributed by atoms with E-state index in [4.69, 9.17) is 18.3 Å². The lowest BCUT2D eigenvalue weighted by molar-refractivity contribution is -0.115. The molecule has 0 saturated heterocycles. The third-order valence-electron chi connectivity index (χ3n) is 5.59. The van der Waals surface area contributed by atoms with Crippen molar-refractivity contribution in [3.05, 3.63) is 63.2 Å². The summed E-state index contributed by atoms with van der Waals surface area (Å²) in [6.07, 6.45) is -0.111. The molecule has 0 atom stereocenters. The molecule has 0 saturated carbocycles. The fourth-order valence-corrected chi connectivity index (χ4v) is 3.71. The van der Waals surface area contributed by atoms with Gasteiger partial charge in [0.2, 0.25) is 5.91 Å². The average Bonchev–Trinajstić information content (AvgIpc) is 3.02. The average molecular weight is 421 g/mol. The van der Waals surface area contributed by atoms with Gasteiger partial charge in [-0.05, 0) is 50.1 Å². The minimum absolute atomic E-state index is 0.111. The first kappa shape index (κ1) is 20.5. The first-order valence-electron chi connectivity index (χ1n) is 9.80. The number of fused-ring (bicyclic) bond motifs is 2. The second kappa shape index (κ2) is 7.83. The number of furan rings is 1. The Morgan fingerprint density at radius 2 is 1.58 bits per heavy atom. The Kier molecular flexibility index (Phi) is 5.19. The molecule has 1 N–H and O–H groups in total. The zero-order valence-electron chi connectivity index (χ0n) is 18.0. The first-order chi connectivity index (χ1) is 14.8. The highest BCUT2D eigenvalue weighted by molar-refractivity contribution is 5.98. The van der Waals surface area contributed by atoms with Crippen LogP contribution in [0.4, 0.5) is 5.69 Å². The van der Waals surface area contributed by atoms with E-state index in [-0.39, 0.29) is 12.3 Å². The molecule has 160 valence electrons. The summed E-state index contributed by atoms with van der Waals surface area (Å²) in [6.45, 7) is 5.71. The fourth-order valence-electron chi connectivity index (χ4n) is 3.71. The van der Waals surface area contributed by atoms with Gasteiger partial charge in [0, 0.05) is 28.6 Å². The Labute approximate surface area is 178 Å². The van der Waals surface area contributed by atoms with Crippen molar-refractivity contribution in [3.8, 4) is 11.5 Å². The fraction of sp³-hybridized carbons (Fsp3) is 0.250. The number of aryl methyl sites for hydroxylation is 3. The van der Waals surface area contributed by atoms with E-state index < -0.39 is 5.63 Å². The van der Waals surface area contributed by atoms with Crippen LogP contribution < -0.4 is 20.4 Å². The number of hydrogen-bond acceptors (Lipinski definition) is 6. The monoisotopic (exact) mass is 421 g/mol. The third kappa shape index (κ3) is 3.63. The summed E-state index contributed by atoms with van der Waals surface area (Å²) >= 11 is 0. The molecule has 2 aromatic heterocycles. The number of ether oxygens (including phenoxy) is 2. The van der Waals surface area contributed by atoms with Gasteiger partial charge >= 0.3 is 5.63 Å². The van der Waals surface area contributed by atoms with Gasteiger partial charge in [-0.25, -0.2) is 4.79 Å². The predicted octanol–water partition coefficient (Wildman–Crippen LogP) is 4.66. The molecule has 0 radical (unpaired) electrons. The van der Waals surface area contributed by atoms with Gasteiger partial charge in [-0.2, -0.15) is 0 Å². The minimum Gasteiger partial charge on any atom is -0.493 e. The van der Waals surface area contributed by atoms with Crippen LogP contribution in [0.1, 0.15) is 22.5 Å². The molecule has 1 amide bonds. The molecule has 7 nitrogen and oxygen atoms in total. The van der Waals surface area contributed by atoms with Crippen molar-refractivity contribution in [1.29, 1.82) is 0 Å². The Bertz CT molecular complexity index is 1380. The topological polar surface area (TPSA) is 90.9 Å². The van der Waals surface area contributed by atoms with Crippen molar-refractivity contribution in [1.82, 2.24) is 0 Å². The molecule has 0 spiro atoms. The van der Waals surface area contributed by atoms with Gasteiger partial charge < -0.3 is 23.6 Å². The normalized spacial score (nSPS) is 11.1. The van der Waals surface area contributed by atoms with Gasteiger partial charge in [0.05, 0.1) is 26.2 Å². The SMILES string of the molecule is COc1ccc(NC(=O)Cc2c(C)c3cc4c(C)c(C)oc4cc3oc2=O)cc1OC. The first-order valence-corrected chi connectivity index (χ1v) is 9.80.